The molecule has 5 heteroatoms. The minimum absolute atomic E-state index is 0.282. The van der Waals surface area contributed by atoms with E-state index in [2.05, 4.69) is 4.98 Å². The molecule has 1 N–H and O–H groups in total. The van der Waals surface area contributed by atoms with E-state index in [4.69, 9.17) is 5.11 Å². The van der Waals surface area contributed by atoms with Crippen LogP contribution in [0.5, 0.6) is 0 Å². The molecule has 0 aromatic carbocycles. The maximum absolute atomic E-state index is 10.8. The lowest BCUT2D eigenvalue weighted by Gasteiger charge is -1.98. The van der Waals surface area contributed by atoms with Crippen molar-refractivity contribution in [3.8, 4) is 0 Å². The maximum atomic E-state index is 10.8. The van der Waals surface area contributed by atoms with Gasteiger partial charge in [0.2, 0.25) is 0 Å². The highest BCUT2D eigenvalue weighted by Gasteiger charge is 2.11. The summed E-state index contributed by atoms with van der Waals surface area (Å²) in [6.07, 6.45) is 3.38. The summed E-state index contributed by atoms with van der Waals surface area (Å²) in [5, 5.41) is 8.88. The Bertz CT molecular complexity index is 478. The highest BCUT2D eigenvalue weighted by atomic mass is 127. The van der Waals surface area contributed by atoms with Gasteiger partial charge in [0.05, 0.1) is 11.1 Å². The van der Waals surface area contributed by atoms with Crippen LogP contribution in [0.15, 0.2) is 24.7 Å². The van der Waals surface area contributed by atoms with Gasteiger partial charge in [-0.2, -0.15) is 0 Å². The molecule has 0 aliphatic heterocycles. The molecule has 0 atom stereocenters. The first-order chi connectivity index (χ1) is 6.20. The van der Waals surface area contributed by atoms with E-state index in [1.54, 1.807) is 29.1 Å². The van der Waals surface area contributed by atoms with Crippen LogP contribution in [0.4, 0.5) is 0 Å². The van der Waals surface area contributed by atoms with Crippen LogP contribution in [0.1, 0.15) is 10.4 Å². The zero-order chi connectivity index (χ0) is 9.42. The van der Waals surface area contributed by atoms with Crippen molar-refractivity contribution in [3.05, 3.63) is 33.9 Å². The summed E-state index contributed by atoms with van der Waals surface area (Å²) in [5.74, 6) is -0.927. The summed E-state index contributed by atoms with van der Waals surface area (Å²) < 4.78 is 2.40. The van der Waals surface area contributed by atoms with Crippen molar-refractivity contribution < 1.29 is 9.90 Å². The number of pyridine rings is 1. The molecule has 0 amide bonds. The molecular formula is C8H5IN2O2. The monoisotopic (exact) mass is 288 g/mol. The van der Waals surface area contributed by atoms with E-state index in [1.165, 1.54) is 0 Å². The van der Waals surface area contributed by atoms with Gasteiger partial charge < -0.3 is 9.51 Å². The van der Waals surface area contributed by atoms with Gasteiger partial charge >= 0.3 is 5.97 Å². The molecule has 0 fully saturated rings. The predicted octanol–water partition coefficient (Wildman–Crippen LogP) is 1.64. The Labute approximate surface area is 87.4 Å². The second-order valence-electron chi connectivity index (χ2n) is 2.52. The largest absolute Gasteiger partial charge is 0.478 e. The fraction of sp³-hybridized carbons (Fsp3) is 0. The van der Waals surface area contributed by atoms with E-state index in [-0.39, 0.29) is 5.56 Å². The lowest BCUT2D eigenvalue weighted by Crippen LogP contribution is -1.99. The number of halogens is 1. The molecule has 0 radical (unpaired) electrons. The zero-order valence-electron chi connectivity index (χ0n) is 6.44. The normalized spacial score (nSPS) is 10.5. The molecule has 0 saturated carbocycles. The summed E-state index contributed by atoms with van der Waals surface area (Å²) in [4.78, 5) is 14.8. The summed E-state index contributed by atoms with van der Waals surface area (Å²) in [6.45, 7) is 0. The molecule has 2 rings (SSSR count). The van der Waals surface area contributed by atoms with Crippen LogP contribution in [0, 0.1) is 3.70 Å². The number of carboxylic acid groups (broad SMARTS) is 1. The van der Waals surface area contributed by atoms with Crippen molar-refractivity contribution in [3.63, 3.8) is 0 Å². The summed E-state index contributed by atoms with van der Waals surface area (Å²) >= 11 is 2.02. The molecule has 13 heavy (non-hydrogen) atoms. The van der Waals surface area contributed by atoms with Gasteiger partial charge in [-0.3, -0.25) is 0 Å². The molecule has 2 heterocycles. The molecule has 0 spiro atoms. The first-order valence-electron chi connectivity index (χ1n) is 3.54. The second-order valence-corrected chi connectivity index (χ2v) is 3.54. The first kappa shape index (κ1) is 8.49. The summed E-state index contributed by atoms with van der Waals surface area (Å²) in [7, 11) is 0. The van der Waals surface area contributed by atoms with Crippen LogP contribution in [-0.2, 0) is 0 Å². The van der Waals surface area contributed by atoms with Gasteiger partial charge in [0, 0.05) is 6.20 Å². The van der Waals surface area contributed by atoms with Crippen LogP contribution in [-0.4, -0.2) is 20.5 Å². The van der Waals surface area contributed by atoms with Crippen LogP contribution in [0.2, 0.25) is 0 Å². The van der Waals surface area contributed by atoms with E-state index >= 15 is 0 Å². The van der Waals surface area contributed by atoms with Crippen molar-refractivity contribution in [1.82, 2.24) is 9.38 Å². The Morgan fingerprint density at radius 2 is 2.38 bits per heavy atom. The van der Waals surface area contributed by atoms with Crippen molar-refractivity contribution in [2.45, 2.75) is 0 Å². The third kappa shape index (κ3) is 1.28. The molecular weight excluding hydrogens is 283 g/mol. The molecule has 0 aliphatic carbocycles. The fourth-order valence-corrected chi connectivity index (χ4v) is 1.88. The topological polar surface area (TPSA) is 54.6 Å². The number of hydrogen-bond acceptors (Lipinski definition) is 2. The van der Waals surface area contributed by atoms with Gasteiger partial charge in [0.15, 0.2) is 0 Å². The average Bonchev–Trinajstić information content (AvgIpc) is 2.48. The van der Waals surface area contributed by atoms with Gasteiger partial charge in [-0.05, 0) is 34.7 Å². The smallest absolute Gasteiger partial charge is 0.337 e. The summed E-state index contributed by atoms with van der Waals surface area (Å²) in [5.41, 5.74) is 0.931. The molecule has 66 valence electrons. The molecule has 2 aromatic heterocycles. The highest BCUT2D eigenvalue weighted by molar-refractivity contribution is 14.1. The zero-order valence-corrected chi connectivity index (χ0v) is 8.59. The van der Waals surface area contributed by atoms with Crippen molar-refractivity contribution >= 4 is 34.1 Å². The molecule has 0 bridgehead atoms. The predicted molar refractivity (Wildman–Crippen MR) is 54.9 cm³/mol. The van der Waals surface area contributed by atoms with Crippen LogP contribution >= 0.6 is 22.6 Å². The Hall–Kier alpha value is -1.11. The average molecular weight is 288 g/mol. The fourth-order valence-electron chi connectivity index (χ4n) is 1.19. The van der Waals surface area contributed by atoms with Gasteiger partial charge in [-0.25, -0.2) is 9.78 Å². The van der Waals surface area contributed by atoms with E-state index in [0.29, 0.717) is 9.22 Å². The molecule has 2 aromatic rings. The molecule has 0 saturated heterocycles. The highest BCUT2D eigenvalue weighted by Crippen LogP contribution is 2.16. The Morgan fingerprint density at radius 1 is 1.62 bits per heavy atom. The molecule has 0 aliphatic rings. The number of carbonyl (C=O) groups is 1. The van der Waals surface area contributed by atoms with E-state index < -0.39 is 5.97 Å². The van der Waals surface area contributed by atoms with Crippen LogP contribution < -0.4 is 0 Å². The minimum Gasteiger partial charge on any atom is -0.478 e. The van der Waals surface area contributed by atoms with E-state index in [9.17, 15) is 4.79 Å². The number of carboxylic acids is 1. The molecule has 4 nitrogen and oxygen atoms in total. The quantitative estimate of drug-likeness (QED) is 0.812. The van der Waals surface area contributed by atoms with Crippen molar-refractivity contribution in [2.24, 2.45) is 0 Å². The standard InChI is InChI=1S/C8H5IN2O2/c9-7-6-5(8(12)13)2-1-3-11(6)4-10-7/h1-4H,(H,12,13). The first-order valence-corrected chi connectivity index (χ1v) is 4.62. The second kappa shape index (κ2) is 2.99. The van der Waals surface area contributed by atoms with Crippen LogP contribution in [0.3, 0.4) is 0 Å². The number of rotatable bonds is 1. The number of hydrogen-bond donors (Lipinski definition) is 1. The van der Waals surface area contributed by atoms with E-state index in [0.717, 1.165) is 0 Å². The SMILES string of the molecule is O=C(O)c1cccn2cnc(I)c12. The Balaban J connectivity index is 2.88. The number of imidazole rings is 1. The number of fused-ring (bicyclic) bond motifs is 1. The molecule has 0 unspecified atom stereocenters. The minimum atomic E-state index is -0.927. The van der Waals surface area contributed by atoms with Crippen LogP contribution in [0.25, 0.3) is 5.52 Å². The Morgan fingerprint density at radius 3 is 3.08 bits per heavy atom. The number of aromatic carboxylic acids is 1. The number of aromatic nitrogens is 2. The lowest BCUT2D eigenvalue weighted by atomic mass is 10.2. The van der Waals surface area contributed by atoms with Gasteiger partial charge in [-0.15, -0.1) is 0 Å². The Kier molecular flexibility index (Phi) is 1.95. The van der Waals surface area contributed by atoms with E-state index in [1.807, 2.05) is 22.6 Å². The maximum Gasteiger partial charge on any atom is 0.337 e. The third-order valence-electron chi connectivity index (χ3n) is 1.74. The number of nitrogens with zero attached hydrogens (tertiary/aromatic N) is 2. The lowest BCUT2D eigenvalue weighted by molar-refractivity contribution is 0.0698. The van der Waals surface area contributed by atoms with Crippen molar-refractivity contribution in [1.29, 1.82) is 0 Å². The van der Waals surface area contributed by atoms with Gasteiger partial charge in [0.1, 0.15) is 10.0 Å². The third-order valence-corrected chi connectivity index (χ3v) is 2.53. The summed E-state index contributed by atoms with van der Waals surface area (Å²) in [6, 6.07) is 3.26. The van der Waals surface area contributed by atoms with Gasteiger partial charge in [-0.1, -0.05) is 0 Å². The van der Waals surface area contributed by atoms with Gasteiger partial charge in [0.25, 0.3) is 0 Å². The van der Waals surface area contributed by atoms with Crippen molar-refractivity contribution in [2.75, 3.05) is 0 Å².